The summed E-state index contributed by atoms with van der Waals surface area (Å²) in [7, 11) is 0. The van der Waals surface area contributed by atoms with Crippen molar-refractivity contribution in [2.24, 2.45) is 0 Å². The number of aromatic amines is 1. The Kier molecular flexibility index (Phi) is 4.27. The minimum Gasteiger partial charge on any atom is -0.493 e. The van der Waals surface area contributed by atoms with Crippen LogP contribution in [0.1, 0.15) is 30.5 Å². The molecular weight excluding hydrogens is 280 g/mol. The lowest BCUT2D eigenvalue weighted by Gasteiger charge is -2.26. The van der Waals surface area contributed by atoms with E-state index in [1.165, 1.54) is 0 Å². The van der Waals surface area contributed by atoms with Gasteiger partial charge in [-0.2, -0.15) is 0 Å². The fourth-order valence-corrected chi connectivity index (χ4v) is 2.75. The highest BCUT2D eigenvalue weighted by Gasteiger charge is 2.22. The Hall–Kier alpha value is -2.50. The van der Waals surface area contributed by atoms with E-state index < -0.39 is 0 Å². The summed E-state index contributed by atoms with van der Waals surface area (Å²) in [5, 5.41) is 5.57. The van der Waals surface area contributed by atoms with Crippen LogP contribution < -0.4 is 15.4 Å². The lowest BCUT2D eigenvalue weighted by atomic mass is 9.89. The topological polar surface area (TPSA) is 79.0 Å². The summed E-state index contributed by atoms with van der Waals surface area (Å²) >= 11 is 0. The maximum absolute atomic E-state index is 11.7. The van der Waals surface area contributed by atoms with Crippen molar-refractivity contribution in [1.29, 1.82) is 0 Å². The number of hydrogen-bond acceptors (Lipinski definition) is 3. The third-order valence-electron chi connectivity index (χ3n) is 3.79. The van der Waals surface area contributed by atoms with Gasteiger partial charge in [0.15, 0.2) is 0 Å². The number of aromatic nitrogens is 2. The molecule has 1 atom stereocenters. The fraction of sp³-hybridized carbons (Fsp3) is 0.375. The van der Waals surface area contributed by atoms with Crippen LogP contribution in [0, 0.1) is 0 Å². The van der Waals surface area contributed by atoms with Gasteiger partial charge in [-0.1, -0.05) is 0 Å². The number of urea groups is 1. The van der Waals surface area contributed by atoms with Crippen molar-refractivity contribution in [3.05, 3.63) is 42.0 Å². The van der Waals surface area contributed by atoms with E-state index in [0.717, 1.165) is 42.1 Å². The molecule has 6 heteroatoms. The third-order valence-corrected chi connectivity index (χ3v) is 3.79. The van der Waals surface area contributed by atoms with E-state index in [9.17, 15) is 4.79 Å². The number of H-pyrrole nitrogens is 1. The van der Waals surface area contributed by atoms with E-state index in [1.807, 2.05) is 31.3 Å². The molecule has 2 heterocycles. The number of benzene rings is 1. The van der Waals surface area contributed by atoms with Gasteiger partial charge in [-0.3, -0.25) is 0 Å². The fourth-order valence-electron chi connectivity index (χ4n) is 2.75. The van der Waals surface area contributed by atoms with Crippen molar-refractivity contribution >= 4 is 11.7 Å². The first kappa shape index (κ1) is 14.4. The van der Waals surface area contributed by atoms with Crippen molar-refractivity contribution < 1.29 is 9.53 Å². The predicted molar refractivity (Wildman–Crippen MR) is 84.3 cm³/mol. The Morgan fingerprint density at radius 3 is 3.18 bits per heavy atom. The molecule has 1 aromatic carbocycles. The van der Waals surface area contributed by atoms with Gasteiger partial charge in [0.05, 0.1) is 12.9 Å². The van der Waals surface area contributed by atoms with E-state index in [2.05, 4.69) is 20.6 Å². The number of ether oxygens (including phenoxy) is 1. The molecule has 0 spiro atoms. The molecule has 0 radical (unpaired) electrons. The van der Waals surface area contributed by atoms with Crippen LogP contribution in [0.25, 0.3) is 0 Å². The molecule has 1 aliphatic rings. The van der Waals surface area contributed by atoms with Gasteiger partial charge in [0, 0.05) is 24.1 Å². The number of anilines is 1. The minimum absolute atomic E-state index is 0.190. The predicted octanol–water partition coefficient (Wildman–Crippen LogP) is 2.66. The lowest BCUT2D eigenvalue weighted by Crippen LogP contribution is -2.28. The Labute approximate surface area is 129 Å². The number of carbonyl (C=O) groups is 1. The van der Waals surface area contributed by atoms with Gasteiger partial charge >= 0.3 is 6.03 Å². The van der Waals surface area contributed by atoms with E-state index in [1.54, 1.807) is 6.33 Å². The molecule has 0 saturated heterocycles. The van der Waals surface area contributed by atoms with Crippen molar-refractivity contribution in [1.82, 2.24) is 15.3 Å². The maximum atomic E-state index is 11.7. The van der Waals surface area contributed by atoms with Gasteiger partial charge in [-0.15, -0.1) is 0 Å². The summed E-state index contributed by atoms with van der Waals surface area (Å²) in [6.07, 6.45) is 5.40. The molecule has 1 aliphatic heterocycles. The van der Waals surface area contributed by atoms with E-state index >= 15 is 0 Å². The smallest absolute Gasteiger partial charge is 0.319 e. The first-order valence-electron chi connectivity index (χ1n) is 7.55. The SMILES string of the molecule is CCNC(=O)Nc1ccc2c(c1)C(Cc1cnc[nH]1)CCO2. The molecule has 1 unspecified atom stereocenters. The van der Waals surface area contributed by atoms with Gasteiger partial charge in [0.1, 0.15) is 5.75 Å². The standard InChI is InChI=1S/C16H20N4O2/c1-2-18-16(21)20-12-3-4-15-14(8-12)11(5-6-22-15)7-13-9-17-10-19-13/h3-4,8-11H,2,5-7H2,1H3,(H,17,19)(H2,18,20,21). The third kappa shape index (κ3) is 3.21. The minimum atomic E-state index is -0.190. The molecule has 2 amide bonds. The van der Waals surface area contributed by atoms with E-state index in [0.29, 0.717) is 12.5 Å². The van der Waals surface area contributed by atoms with Crippen molar-refractivity contribution in [3.63, 3.8) is 0 Å². The second-order valence-electron chi connectivity index (χ2n) is 5.35. The highest BCUT2D eigenvalue weighted by atomic mass is 16.5. The number of nitrogens with zero attached hydrogens (tertiary/aromatic N) is 1. The largest absolute Gasteiger partial charge is 0.493 e. The zero-order valence-electron chi connectivity index (χ0n) is 12.6. The van der Waals surface area contributed by atoms with Gasteiger partial charge < -0.3 is 20.4 Å². The molecule has 0 aliphatic carbocycles. The number of nitrogens with one attached hydrogen (secondary N) is 3. The second-order valence-corrected chi connectivity index (χ2v) is 5.35. The zero-order chi connectivity index (χ0) is 15.4. The van der Waals surface area contributed by atoms with Crippen LogP contribution >= 0.6 is 0 Å². The van der Waals surface area contributed by atoms with Gasteiger partial charge in [0.2, 0.25) is 0 Å². The number of imidazole rings is 1. The summed E-state index contributed by atoms with van der Waals surface area (Å²) in [5.41, 5.74) is 3.03. The quantitative estimate of drug-likeness (QED) is 0.812. The molecule has 0 bridgehead atoms. The number of rotatable bonds is 4. The van der Waals surface area contributed by atoms with E-state index in [4.69, 9.17) is 4.74 Å². The van der Waals surface area contributed by atoms with Gasteiger partial charge in [-0.25, -0.2) is 9.78 Å². The lowest BCUT2D eigenvalue weighted by molar-refractivity contribution is 0.252. The zero-order valence-corrected chi connectivity index (χ0v) is 12.6. The number of carbonyl (C=O) groups excluding carboxylic acids is 1. The van der Waals surface area contributed by atoms with Crippen molar-refractivity contribution in [3.8, 4) is 5.75 Å². The van der Waals surface area contributed by atoms with E-state index in [-0.39, 0.29) is 6.03 Å². The monoisotopic (exact) mass is 300 g/mol. The summed E-state index contributed by atoms with van der Waals surface area (Å²) in [4.78, 5) is 18.9. The molecule has 0 saturated carbocycles. The Bertz CT molecular complexity index is 640. The summed E-state index contributed by atoms with van der Waals surface area (Å²) in [6.45, 7) is 3.21. The first-order valence-corrected chi connectivity index (χ1v) is 7.55. The van der Waals surface area contributed by atoms with Gasteiger partial charge in [0.25, 0.3) is 0 Å². The van der Waals surface area contributed by atoms with Gasteiger partial charge in [-0.05, 0) is 49.4 Å². The van der Waals surface area contributed by atoms with Crippen LogP contribution in [-0.4, -0.2) is 29.2 Å². The molecule has 116 valence electrons. The van der Waals surface area contributed by atoms with Crippen LogP contribution in [0.4, 0.5) is 10.5 Å². The molecule has 6 nitrogen and oxygen atoms in total. The Balaban J connectivity index is 1.79. The molecule has 3 rings (SSSR count). The first-order chi connectivity index (χ1) is 10.8. The molecule has 3 N–H and O–H groups in total. The van der Waals surface area contributed by atoms with Crippen LogP contribution in [0.15, 0.2) is 30.7 Å². The Morgan fingerprint density at radius 1 is 1.50 bits per heavy atom. The number of fused-ring (bicyclic) bond motifs is 1. The highest BCUT2D eigenvalue weighted by molar-refractivity contribution is 5.89. The normalized spacial score (nSPS) is 16.5. The molecule has 0 fully saturated rings. The number of amides is 2. The van der Waals surface area contributed by atoms with Crippen molar-refractivity contribution in [2.75, 3.05) is 18.5 Å². The van der Waals surface area contributed by atoms with Crippen molar-refractivity contribution in [2.45, 2.75) is 25.7 Å². The molecular formula is C16H20N4O2. The maximum Gasteiger partial charge on any atom is 0.319 e. The van der Waals surface area contributed by atoms with Crippen LogP contribution in [0.5, 0.6) is 5.75 Å². The average Bonchev–Trinajstić information content (AvgIpc) is 3.01. The Morgan fingerprint density at radius 2 is 2.41 bits per heavy atom. The second kappa shape index (κ2) is 6.51. The van der Waals surface area contributed by atoms with Crippen LogP contribution in [-0.2, 0) is 6.42 Å². The summed E-state index contributed by atoms with van der Waals surface area (Å²) in [5.74, 6) is 1.26. The molecule has 22 heavy (non-hydrogen) atoms. The highest BCUT2D eigenvalue weighted by Crippen LogP contribution is 2.37. The number of hydrogen-bond donors (Lipinski definition) is 3. The molecule has 1 aromatic heterocycles. The molecule has 2 aromatic rings. The van der Waals surface area contributed by atoms with Crippen LogP contribution in [0.2, 0.25) is 0 Å². The average molecular weight is 300 g/mol. The summed E-state index contributed by atoms with van der Waals surface area (Å²) < 4.78 is 5.73. The van der Waals surface area contributed by atoms with Crippen LogP contribution in [0.3, 0.4) is 0 Å². The summed E-state index contributed by atoms with van der Waals surface area (Å²) in [6, 6.07) is 5.61.